The van der Waals surface area contributed by atoms with E-state index in [1.807, 2.05) is 0 Å². The van der Waals surface area contributed by atoms with Gasteiger partial charge in [0.05, 0.1) is 6.61 Å². The maximum Gasteiger partial charge on any atom is 0.360 e. The van der Waals surface area contributed by atoms with E-state index in [0.717, 1.165) is 25.8 Å². The van der Waals surface area contributed by atoms with Gasteiger partial charge < -0.3 is 14.1 Å². The van der Waals surface area contributed by atoms with Crippen LogP contribution in [0.5, 0.6) is 0 Å². The van der Waals surface area contributed by atoms with Crippen LogP contribution in [0.2, 0.25) is 0 Å². The van der Waals surface area contributed by atoms with E-state index in [9.17, 15) is 4.79 Å². The van der Waals surface area contributed by atoms with Crippen molar-refractivity contribution in [2.75, 3.05) is 18.1 Å². The van der Waals surface area contributed by atoms with Crippen molar-refractivity contribution in [2.45, 2.75) is 53.0 Å². The summed E-state index contributed by atoms with van der Waals surface area (Å²) >= 11 is 0. The zero-order valence-electron chi connectivity index (χ0n) is 12.3. The highest BCUT2D eigenvalue weighted by atomic mass is 16.5. The van der Waals surface area contributed by atoms with Crippen molar-refractivity contribution in [3.8, 4) is 0 Å². The zero-order valence-corrected chi connectivity index (χ0v) is 12.3. The molecular weight excluding hydrogens is 244 g/mol. The van der Waals surface area contributed by atoms with Crippen molar-refractivity contribution >= 4 is 12.0 Å². The third kappa shape index (κ3) is 4.26. The number of nitrogens with zero attached hydrogens (tertiary/aromatic N) is 2. The third-order valence-corrected chi connectivity index (χ3v) is 3.10. The summed E-state index contributed by atoms with van der Waals surface area (Å²) in [7, 11) is 0. The topological polar surface area (TPSA) is 55.6 Å². The fourth-order valence-corrected chi connectivity index (χ4v) is 1.75. The largest absolute Gasteiger partial charge is 0.461 e. The van der Waals surface area contributed by atoms with Gasteiger partial charge in [-0.1, -0.05) is 20.3 Å². The monoisotopic (exact) mass is 268 g/mol. The Morgan fingerprint density at radius 2 is 2.21 bits per heavy atom. The van der Waals surface area contributed by atoms with Gasteiger partial charge >= 0.3 is 5.97 Å². The van der Waals surface area contributed by atoms with E-state index in [2.05, 4.69) is 30.7 Å². The lowest BCUT2D eigenvalue weighted by Gasteiger charge is -2.26. The molecule has 0 amide bonds. The van der Waals surface area contributed by atoms with Crippen molar-refractivity contribution in [2.24, 2.45) is 0 Å². The maximum atomic E-state index is 11.6. The minimum absolute atomic E-state index is 0.238. The van der Waals surface area contributed by atoms with E-state index in [4.69, 9.17) is 9.15 Å². The van der Waals surface area contributed by atoms with Crippen molar-refractivity contribution in [1.29, 1.82) is 0 Å². The molecule has 0 radical (unpaired) electrons. The highest BCUT2D eigenvalue weighted by Crippen LogP contribution is 2.19. The van der Waals surface area contributed by atoms with Crippen molar-refractivity contribution < 1.29 is 13.9 Å². The third-order valence-electron chi connectivity index (χ3n) is 3.10. The van der Waals surface area contributed by atoms with Crippen LogP contribution in [-0.4, -0.2) is 30.1 Å². The lowest BCUT2D eigenvalue weighted by Crippen LogP contribution is -2.33. The Hall–Kier alpha value is -1.52. The van der Waals surface area contributed by atoms with Gasteiger partial charge in [-0.2, -0.15) is 4.98 Å². The highest BCUT2D eigenvalue weighted by molar-refractivity contribution is 5.87. The van der Waals surface area contributed by atoms with Crippen LogP contribution in [0.25, 0.3) is 0 Å². The second kappa shape index (κ2) is 7.81. The SMILES string of the molecule is CCCCN(c1nc(C(=O)OCC)co1)C(C)CC. The van der Waals surface area contributed by atoms with E-state index in [-0.39, 0.29) is 5.69 Å². The number of aromatic nitrogens is 1. The summed E-state index contributed by atoms with van der Waals surface area (Å²) < 4.78 is 10.3. The van der Waals surface area contributed by atoms with Gasteiger partial charge in [0, 0.05) is 12.6 Å². The summed E-state index contributed by atoms with van der Waals surface area (Å²) in [4.78, 5) is 17.9. The number of carbonyl (C=O) groups excluding carboxylic acids is 1. The Morgan fingerprint density at radius 3 is 2.79 bits per heavy atom. The smallest absolute Gasteiger partial charge is 0.360 e. The summed E-state index contributed by atoms with van der Waals surface area (Å²) in [6.07, 6.45) is 4.55. The molecule has 1 unspecified atom stereocenters. The number of esters is 1. The van der Waals surface area contributed by atoms with E-state index in [1.54, 1.807) is 6.92 Å². The van der Waals surface area contributed by atoms with E-state index in [1.165, 1.54) is 6.26 Å². The van der Waals surface area contributed by atoms with Gasteiger partial charge in [-0.3, -0.25) is 0 Å². The fourth-order valence-electron chi connectivity index (χ4n) is 1.75. The summed E-state index contributed by atoms with van der Waals surface area (Å²) in [6.45, 7) is 9.39. The van der Waals surface area contributed by atoms with Gasteiger partial charge in [-0.15, -0.1) is 0 Å². The van der Waals surface area contributed by atoms with Crippen LogP contribution in [0.15, 0.2) is 10.7 Å². The molecule has 1 atom stereocenters. The molecule has 19 heavy (non-hydrogen) atoms. The Labute approximate surface area is 114 Å². The van der Waals surface area contributed by atoms with Crippen LogP contribution in [0, 0.1) is 0 Å². The van der Waals surface area contributed by atoms with Gasteiger partial charge in [0.2, 0.25) is 0 Å². The lowest BCUT2D eigenvalue weighted by molar-refractivity contribution is 0.0519. The van der Waals surface area contributed by atoms with Gasteiger partial charge in [0.15, 0.2) is 5.69 Å². The number of hydrogen-bond acceptors (Lipinski definition) is 5. The number of carbonyl (C=O) groups is 1. The number of ether oxygens (including phenoxy) is 1. The van der Waals surface area contributed by atoms with Gasteiger partial charge in [0.1, 0.15) is 6.26 Å². The highest BCUT2D eigenvalue weighted by Gasteiger charge is 2.20. The number of oxazole rings is 1. The van der Waals surface area contributed by atoms with Crippen molar-refractivity contribution in [3.63, 3.8) is 0 Å². The molecule has 0 aliphatic heterocycles. The molecule has 0 fully saturated rings. The molecule has 0 saturated carbocycles. The lowest BCUT2D eigenvalue weighted by atomic mass is 10.2. The summed E-state index contributed by atoms with van der Waals surface area (Å²) in [5, 5.41) is 0. The predicted octanol–water partition coefficient (Wildman–Crippen LogP) is 3.26. The summed E-state index contributed by atoms with van der Waals surface area (Å²) in [6, 6.07) is 0.839. The number of rotatable bonds is 8. The second-order valence-corrected chi connectivity index (χ2v) is 4.54. The quantitative estimate of drug-likeness (QED) is 0.677. The molecule has 5 nitrogen and oxygen atoms in total. The molecule has 0 bridgehead atoms. The molecule has 0 aromatic carbocycles. The first kappa shape index (κ1) is 15.5. The van der Waals surface area contributed by atoms with E-state index < -0.39 is 5.97 Å². The molecule has 1 aromatic heterocycles. The standard InChI is InChI=1S/C14H24N2O3/c1-5-8-9-16(11(4)6-2)14-15-12(10-19-14)13(17)18-7-3/h10-11H,5-9H2,1-4H3. The van der Waals surface area contributed by atoms with Crippen LogP contribution < -0.4 is 4.90 Å². The van der Waals surface area contributed by atoms with Gasteiger partial charge in [-0.05, 0) is 26.7 Å². The average Bonchev–Trinajstić information content (AvgIpc) is 2.88. The van der Waals surface area contributed by atoms with Crippen LogP contribution in [0.4, 0.5) is 6.01 Å². The fraction of sp³-hybridized carbons (Fsp3) is 0.714. The molecule has 0 aliphatic carbocycles. The second-order valence-electron chi connectivity index (χ2n) is 4.54. The van der Waals surface area contributed by atoms with Gasteiger partial charge in [0.25, 0.3) is 6.01 Å². The minimum Gasteiger partial charge on any atom is -0.461 e. The van der Waals surface area contributed by atoms with Crippen molar-refractivity contribution in [3.05, 3.63) is 12.0 Å². The number of hydrogen-bond donors (Lipinski definition) is 0. The van der Waals surface area contributed by atoms with E-state index >= 15 is 0 Å². The predicted molar refractivity (Wildman–Crippen MR) is 74.5 cm³/mol. The first-order chi connectivity index (χ1) is 9.13. The maximum absolute atomic E-state index is 11.6. The molecule has 1 aromatic rings. The molecule has 1 rings (SSSR count). The first-order valence-corrected chi connectivity index (χ1v) is 7.03. The van der Waals surface area contributed by atoms with Crippen LogP contribution in [-0.2, 0) is 4.74 Å². The summed E-state index contributed by atoms with van der Waals surface area (Å²) in [5.41, 5.74) is 0.238. The Kier molecular flexibility index (Phi) is 6.39. The Balaban J connectivity index is 2.81. The van der Waals surface area contributed by atoms with E-state index in [0.29, 0.717) is 18.7 Å². The average molecular weight is 268 g/mol. The molecule has 5 heteroatoms. The number of unbranched alkanes of at least 4 members (excludes halogenated alkanes) is 1. The minimum atomic E-state index is -0.433. The first-order valence-electron chi connectivity index (χ1n) is 7.03. The van der Waals surface area contributed by atoms with Gasteiger partial charge in [-0.25, -0.2) is 4.79 Å². The molecule has 0 saturated heterocycles. The molecule has 0 aliphatic rings. The molecule has 0 N–H and O–H groups in total. The summed E-state index contributed by atoms with van der Waals surface area (Å²) in [5.74, 6) is -0.433. The van der Waals surface area contributed by atoms with Crippen LogP contribution >= 0.6 is 0 Å². The number of anilines is 1. The Bertz CT molecular complexity index is 390. The Morgan fingerprint density at radius 1 is 1.47 bits per heavy atom. The normalized spacial score (nSPS) is 12.2. The van der Waals surface area contributed by atoms with Crippen LogP contribution in [0.1, 0.15) is 57.4 Å². The molecule has 0 spiro atoms. The van der Waals surface area contributed by atoms with Crippen molar-refractivity contribution in [1.82, 2.24) is 4.98 Å². The molecule has 1 heterocycles. The van der Waals surface area contributed by atoms with Crippen LogP contribution in [0.3, 0.4) is 0 Å². The molecule has 108 valence electrons. The zero-order chi connectivity index (χ0) is 14.3. The molecular formula is C14H24N2O3.